The van der Waals surface area contributed by atoms with Gasteiger partial charge in [0, 0.05) is 18.0 Å². The summed E-state index contributed by atoms with van der Waals surface area (Å²) < 4.78 is 32.6. The number of piperidine rings is 1. The third kappa shape index (κ3) is 4.80. The molecule has 2 heterocycles. The smallest absolute Gasteiger partial charge is 0.340 e. The van der Waals surface area contributed by atoms with Crippen LogP contribution < -0.4 is 11.1 Å². The number of nitrogens with one attached hydrogen (secondary N) is 1. The number of benzene rings is 1. The van der Waals surface area contributed by atoms with Crippen molar-refractivity contribution in [2.24, 2.45) is 5.73 Å². The average Bonchev–Trinajstić information content (AvgIpc) is 3.38. The lowest BCUT2D eigenvalue weighted by Gasteiger charge is -2.26. The Morgan fingerprint density at radius 1 is 1.06 bits per heavy atom. The summed E-state index contributed by atoms with van der Waals surface area (Å²) >= 11 is 1.30. The molecule has 1 aliphatic heterocycles. The molecule has 1 aromatic heterocycles. The molecule has 4 rings (SSSR count). The number of fused-ring (bicyclic) bond motifs is 1. The average molecular weight is 492 g/mol. The fourth-order valence-electron chi connectivity index (χ4n) is 4.23. The third-order valence-corrected chi connectivity index (χ3v) is 8.96. The van der Waals surface area contributed by atoms with Crippen LogP contribution in [0.1, 0.15) is 56.8 Å². The van der Waals surface area contributed by atoms with Crippen LogP contribution in [-0.2, 0) is 32.4 Å². The SMILES string of the molecule is NC(=O)c1c(NC(=O)COC(=O)c2ccccc2S(=O)(=O)N2CCCCC2)sc2c1CCC2. The number of rotatable bonds is 7. The molecule has 0 radical (unpaired) electrons. The summed E-state index contributed by atoms with van der Waals surface area (Å²) in [6, 6.07) is 5.82. The van der Waals surface area contributed by atoms with Crippen molar-refractivity contribution >= 4 is 44.1 Å². The number of anilines is 1. The lowest BCUT2D eigenvalue weighted by atomic mass is 10.1. The number of aryl methyl sites for hydroxylation is 1. The maximum Gasteiger partial charge on any atom is 0.340 e. The van der Waals surface area contributed by atoms with Gasteiger partial charge in [0.05, 0.1) is 16.0 Å². The highest BCUT2D eigenvalue weighted by Crippen LogP contribution is 2.38. The number of thiophene rings is 1. The van der Waals surface area contributed by atoms with Crippen molar-refractivity contribution in [2.75, 3.05) is 25.0 Å². The molecule has 2 aromatic rings. The summed E-state index contributed by atoms with van der Waals surface area (Å²) in [7, 11) is -3.86. The summed E-state index contributed by atoms with van der Waals surface area (Å²) in [6.45, 7) is 0.180. The van der Waals surface area contributed by atoms with Crippen molar-refractivity contribution in [1.82, 2.24) is 4.31 Å². The van der Waals surface area contributed by atoms with Gasteiger partial charge in [-0.3, -0.25) is 9.59 Å². The number of hydrogen-bond acceptors (Lipinski definition) is 7. The van der Waals surface area contributed by atoms with Gasteiger partial charge in [-0.1, -0.05) is 18.6 Å². The number of hydrogen-bond donors (Lipinski definition) is 2. The molecule has 33 heavy (non-hydrogen) atoms. The van der Waals surface area contributed by atoms with Gasteiger partial charge in [-0.2, -0.15) is 4.31 Å². The molecule has 0 spiro atoms. The quantitative estimate of drug-likeness (QED) is 0.571. The van der Waals surface area contributed by atoms with E-state index in [1.165, 1.54) is 33.8 Å². The Morgan fingerprint density at radius 2 is 1.79 bits per heavy atom. The molecular formula is C22H25N3O6S2. The topological polar surface area (TPSA) is 136 Å². The van der Waals surface area contributed by atoms with E-state index in [-0.39, 0.29) is 10.5 Å². The Bertz CT molecular complexity index is 1200. The molecule has 1 aliphatic carbocycles. The van der Waals surface area contributed by atoms with Gasteiger partial charge in [0.2, 0.25) is 10.0 Å². The van der Waals surface area contributed by atoms with Crippen molar-refractivity contribution in [1.29, 1.82) is 0 Å². The number of sulfonamides is 1. The molecular weight excluding hydrogens is 466 g/mol. The molecule has 11 heteroatoms. The molecule has 0 atom stereocenters. The molecule has 3 N–H and O–H groups in total. The Balaban J connectivity index is 1.45. The summed E-state index contributed by atoms with van der Waals surface area (Å²) in [4.78, 5) is 37.9. The number of amides is 2. The van der Waals surface area contributed by atoms with Crippen LogP contribution in [0.3, 0.4) is 0 Å². The highest BCUT2D eigenvalue weighted by molar-refractivity contribution is 7.89. The molecule has 176 valence electrons. The monoisotopic (exact) mass is 491 g/mol. The van der Waals surface area contributed by atoms with Crippen molar-refractivity contribution < 1.29 is 27.5 Å². The minimum absolute atomic E-state index is 0.121. The van der Waals surface area contributed by atoms with Crippen molar-refractivity contribution in [3.05, 3.63) is 45.8 Å². The number of carbonyl (C=O) groups excluding carboxylic acids is 3. The highest BCUT2D eigenvalue weighted by atomic mass is 32.2. The molecule has 0 unspecified atom stereocenters. The van der Waals surface area contributed by atoms with Gasteiger partial charge in [0.1, 0.15) is 5.00 Å². The zero-order valence-corrected chi connectivity index (χ0v) is 19.6. The van der Waals surface area contributed by atoms with Gasteiger partial charge in [-0.25, -0.2) is 13.2 Å². The van der Waals surface area contributed by atoms with Gasteiger partial charge in [0.15, 0.2) is 6.61 Å². The fourth-order valence-corrected chi connectivity index (χ4v) is 7.24. The van der Waals surface area contributed by atoms with Crippen molar-refractivity contribution in [3.8, 4) is 0 Å². The normalized spacial score (nSPS) is 16.2. The largest absolute Gasteiger partial charge is 0.452 e. The van der Waals surface area contributed by atoms with Gasteiger partial charge < -0.3 is 15.8 Å². The summed E-state index contributed by atoms with van der Waals surface area (Å²) in [5, 5.41) is 2.95. The molecule has 0 saturated carbocycles. The van der Waals surface area contributed by atoms with E-state index in [9.17, 15) is 22.8 Å². The van der Waals surface area contributed by atoms with Crippen LogP contribution in [0.2, 0.25) is 0 Å². The predicted molar refractivity (Wildman–Crippen MR) is 123 cm³/mol. The Kier molecular flexibility index (Phi) is 6.82. The lowest BCUT2D eigenvalue weighted by molar-refractivity contribution is -0.119. The molecule has 1 aromatic carbocycles. The Morgan fingerprint density at radius 3 is 2.52 bits per heavy atom. The first kappa shape index (κ1) is 23.4. The molecule has 0 bridgehead atoms. The van der Waals surface area contributed by atoms with Crippen LogP contribution in [0.5, 0.6) is 0 Å². The van der Waals surface area contributed by atoms with Crippen molar-refractivity contribution in [2.45, 2.75) is 43.4 Å². The molecule has 2 amide bonds. The van der Waals surface area contributed by atoms with Crippen LogP contribution in [0, 0.1) is 0 Å². The number of nitrogens with two attached hydrogens (primary N) is 1. The molecule has 1 saturated heterocycles. The van der Waals surface area contributed by atoms with E-state index in [4.69, 9.17) is 10.5 Å². The van der Waals surface area contributed by atoms with Gasteiger partial charge in [0.25, 0.3) is 11.8 Å². The maximum absolute atomic E-state index is 13.1. The number of nitrogens with zero attached hydrogens (tertiary/aromatic N) is 1. The standard InChI is InChI=1S/C22H25N3O6S2/c23-20(27)19-14-8-6-9-16(14)32-21(19)24-18(26)13-31-22(28)15-7-2-3-10-17(15)33(29,30)25-11-4-1-5-12-25/h2-3,7,10H,1,4-6,8-9,11-13H2,(H2,23,27)(H,24,26). The first-order chi connectivity index (χ1) is 15.8. The predicted octanol–water partition coefficient (Wildman–Crippen LogP) is 2.31. The number of primary amides is 1. The van der Waals surface area contributed by atoms with E-state index in [1.54, 1.807) is 6.07 Å². The first-order valence-electron chi connectivity index (χ1n) is 10.8. The lowest BCUT2D eigenvalue weighted by Crippen LogP contribution is -2.36. The Hall–Kier alpha value is -2.76. The van der Waals surface area contributed by atoms with Crippen LogP contribution in [-0.4, -0.2) is 50.2 Å². The zero-order chi connectivity index (χ0) is 23.6. The van der Waals surface area contributed by atoms with Crippen LogP contribution >= 0.6 is 11.3 Å². The van der Waals surface area contributed by atoms with E-state index >= 15 is 0 Å². The summed E-state index contributed by atoms with van der Waals surface area (Å²) in [6.07, 6.45) is 5.00. The van der Waals surface area contributed by atoms with Gasteiger partial charge in [-0.05, 0) is 49.8 Å². The summed E-state index contributed by atoms with van der Waals surface area (Å²) in [5.41, 5.74) is 6.56. The minimum atomic E-state index is -3.86. The van der Waals surface area contributed by atoms with Gasteiger partial charge in [-0.15, -0.1) is 11.3 Å². The van der Waals surface area contributed by atoms with Crippen LogP contribution in [0.15, 0.2) is 29.2 Å². The second-order valence-corrected chi connectivity index (χ2v) is 11.0. The molecule has 9 nitrogen and oxygen atoms in total. The van der Waals surface area contributed by atoms with Crippen molar-refractivity contribution in [3.63, 3.8) is 0 Å². The summed E-state index contributed by atoms with van der Waals surface area (Å²) in [5.74, 6) is -2.16. The second kappa shape index (κ2) is 9.62. The molecule has 1 fully saturated rings. The van der Waals surface area contributed by atoms with Crippen LogP contribution in [0.25, 0.3) is 0 Å². The van der Waals surface area contributed by atoms with E-state index in [0.717, 1.165) is 49.0 Å². The van der Waals surface area contributed by atoms with E-state index in [1.807, 2.05) is 0 Å². The van der Waals surface area contributed by atoms with E-state index < -0.39 is 34.4 Å². The van der Waals surface area contributed by atoms with Crippen LogP contribution in [0.4, 0.5) is 5.00 Å². The minimum Gasteiger partial charge on any atom is -0.452 e. The number of ether oxygens (including phenoxy) is 1. The molecule has 2 aliphatic rings. The third-order valence-electron chi connectivity index (χ3n) is 5.79. The number of esters is 1. The fraction of sp³-hybridized carbons (Fsp3) is 0.409. The van der Waals surface area contributed by atoms with E-state index in [0.29, 0.717) is 23.7 Å². The Labute approximate surface area is 196 Å². The second-order valence-electron chi connectivity index (χ2n) is 8.01. The first-order valence-corrected chi connectivity index (χ1v) is 13.0. The maximum atomic E-state index is 13.1. The number of carbonyl (C=O) groups is 3. The zero-order valence-electron chi connectivity index (χ0n) is 18.0. The highest BCUT2D eigenvalue weighted by Gasteiger charge is 2.31. The van der Waals surface area contributed by atoms with Gasteiger partial charge >= 0.3 is 5.97 Å². The van der Waals surface area contributed by atoms with E-state index in [2.05, 4.69) is 5.32 Å².